The Kier molecular flexibility index (Phi) is 9.60. The van der Waals surface area contributed by atoms with Crippen LogP contribution in [0.2, 0.25) is 0 Å². The molecule has 0 spiro atoms. The zero-order valence-electron chi connectivity index (χ0n) is 27.3. The molecule has 1 saturated carbocycles. The van der Waals surface area contributed by atoms with Crippen molar-refractivity contribution in [3.63, 3.8) is 0 Å². The standard InChI is InChI=1S/C42H43N5/c1-31-4-10-34(11-5-31)36-14-16-37(17-15-36)35-12-6-32(7-13-35)30-33-8-18-38(19-9-33)43-44-39-20-22-40(23-21-39)45-46-41-24-26-42(27-25-41)47-28-2-3-29-47/h6-9,12-27,31,34H,2-5,10-11,28-30H2,1H3. The first kappa shape index (κ1) is 30.7. The third-order valence-corrected chi connectivity index (χ3v) is 9.76. The molecule has 2 fully saturated rings. The molecule has 1 saturated heterocycles. The molecule has 1 heterocycles. The van der Waals surface area contributed by atoms with Gasteiger partial charge < -0.3 is 4.90 Å². The Balaban J connectivity index is 0.897. The molecule has 1 aliphatic carbocycles. The fourth-order valence-electron chi connectivity index (χ4n) is 6.79. The predicted octanol–water partition coefficient (Wildman–Crippen LogP) is 12.7. The molecule has 1 aliphatic heterocycles. The molecule has 47 heavy (non-hydrogen) atoms. The highest BCUT2D eigenvalue weighted by atomic mass is 15.1. The van der Waals surface area contributed by atoms with Gasteiger partial charge in [-0.25, -0.2) is 0 Å². The highest BCUT2D eigenvalue weighted by Crippen LogP contribution is 2.36. The van der Waals surface area contributed by atoms with E-state index in [0.29, 0.717) is 0 Å². The molecule has 2 aliphatic rings. The number of hydrogen-bond donors (Lipinski definition) is 0. The molecule has 5 heteroatoms. The molecule has 236 valence electrons. The zero-order valence-corrected chi connectivity index (χ0v) is 27.3. The molecule has 0 unspecified atom stereocenters. The van der Waals surface area contributed by atoms with E-state index in [1.165, 1.54) is 72.0 Å². The lowest BCUT2D eigenvalue weighted by Gasteiger charge is -2.26. The lowest BCUT2D eigenvalue weighted by Crippen LogP contribution is -2.17. The Labute approximate surface area is 279 Å². The van der Waals surface area contributed by atoms with Gasteiger partial charge >= 0.3 is 0 Å². The Bertz CT molecular complexity index is 1770. The van der Waals surface area contributed by atoms with Crippen LogP contribution in [-0.4, -0.2) is 13.1 Å². The average molecular weight is 618 g/mol. The van der Waals surface area contributed by atoms with Crippen molar-refractivity contribution >= 4 is 28.4 Å². The first-order valence-electron chi connectivity index (χ1n) is 17.2. The summed E-state index contributed by atoms with van der Waals surface area (Å²) in [5.74, 6) is 1.62. The summed E-state index contributed by atoms with van der Waals surface area (Å²) in [7, 11) is 0. The highest BCUT2D eigenvalue weighted by molar-refractivity contribution is 5.64. The monoisotopic (exact) mass is 617 g/mol. The van der Waals surface area contributed by atoms with Crippen molar-refractivity contribution in [3.05, 3.63) is 138 Å². The normalized spacial score (nSPS) is 18.4. The van der Waals surface area contributed by atoms with Gasteiger partial charge in [0.05, 0.1) is 22.7 Å². The first-order valence-corrected chi connectivity index (χ1v) is 17.2. The summed E-state index contributed by atoms with van der Waals surface area (Å²) in [4.78, 5) is 2.42. The summed E-state index contributed by atoms with van der Waals surface area (Å²) in [6.07, 6.45) is 8.81. The highest BCUT2D eigenvalue weighted by Gasteiger charge is 2.19. The molecule has 0 N–H and O–H groups in total. The summed E-state index contributed by atoms with van der Waals surface area (Å²) in [5.41, 5.74) is 11.1. The number of azo groups is 2. The lowest BCUT2D eigenvalue weighted by atomic mass is 9.79. The van der Waals surface area contributed by atoms with Gasteiger partial charge in [-0.3, -0.25) is 0 Å². The van der Waals surface area contributed by atoms with Crippen molar-refractivity contribution in [2.24, 2.45) is 26.4 Å². The molecular formula is C42H43N5. The van der Waals surface area contributed by atoms with Crippen LogP contribution in [0.25, 0.3) is 11.1 Å². The van der Waals surface area contributed by atoms with E-state index < -0.39 is 0 Å². The van der Waals surface area contributed by atoms with Gasteiger partial charge in [0.2, 0.25) is 0 Å². The van der Waals surface area contributed by atoms with Crippen LogP contribution in [0.15, 0.2) is 142 Å². The van der Waals surface area contributed by atoms with E-state index in [0.717, 1.165) is 54.1 Å². The fourth-order valence-corrected chi connectivity index (χ4v) is 6.79. The number of hydrogen-bond acceptors (Lipinski definition) is 5. The number of nitrogens with zero attached hydrogens (tertiary/aromatic N) is 5. The smallest absolute Gasteiger partial charge is 0.0858 e. The van der Waals surface area contributed by atoms with Gasteiger partial charge in [-0.1, -0.05) is 80.4 Å². The van der Waals surface area contributed by atoms with Gasteiger partial charge in [0.1, 0.15) is 0 Å². The van der Waals surface area contributed by atoms with Gasteiger partial charge in [-0.15, -0.1) is 0 Å². The lowest BCUT2D eigenvalue weighted by molar-refractivity contribution is 0.348. The molecule has 0 amide bonds. The van der Waals surface area contributed by atoms with Crippen LogP contribution < -0.4 is 4.90 Å². The summed E-state index contributed by atoms with van der Waals surface area (Å²) < 4.78 is 0. The van der Waals surface area contributed by atoms with E-state index in [1.54, 1.807) is 0 Å². The van der Waals surface area contributed by atoms with Gasteiger partial charge in [-0.05, 0) is 132 Å². The minimum Gasteiger partial charge on any atom is -0.372 e. The summed E-state index contributed by atoms with van der Waals surface area (Å²) in [6.45, 7) is 4.67. The molecule has 5 nitrogen and oxygen atoms in total. The number of anilines is 1. The average Bonchev–Trinajstić information content (AvgIpc) is 3.67. The van der Waals surface area contributed by atoms with Gasteiger partial charge in [0.25, 0.3) is 0 Å². The van der Waals surface area contributed by atoms with Crippen molar-refractivity contribution in [2.45, 2.75) is 57.8 Å². The second-order valence-electron chi connectivity index (χ2n) is 13.2. The van der Waals surface area contributed by atoms with Crippen LogP contribution in [0.3, 0.4) is 0 Å². The summed E-state index contributed by atoms with van der Waals surface area (Å²) >= 11 is 0. The molecule has 5 aromatic carbocycles. The van der Waals surface area contributed by atoms with E-state index >= 15 is 0 Å². The number of benzene rings is 5. The third-order valence-electron chi connectivity index (χ3n) is 9.76. The zero-order chi connectivity index (χ0) is 31.8. The molecule has 0 radical (unpaired) electrons. The second-order valence-corrected chi connectivity index (χ2v) is 13.2. The largest absolute Gasteiger partial charge is 0.372 e. The van der Waals surface area contributed by atoms with Crippen LogP contribution in [0, 0.1) is 5.92 Å². The minimum atomic E-state index is 0.735. The third kappa shape index (κ3) is 8.10. The predicted molar refractivity (Wildman–Crippen MR) is 194 cm³/mol. The molecule has 0 aromatic heterocycles. The van der Waals surface area contributed by atoms with E-state index in [2.05, 4.69) is 105 Å². The van der Waals surface area contributed by atoms with Crippen molar-refractivity contribution < 1.29 is 0 Å². The Morgan fingerprint density at radius 1 is 0.489 bits per heavy atom. The van der Waals surface area contributed by atoms with Crippen molar-refractivity contribution in [2.75, 3.05) is 18.0 Å². The van der Waals surface area contributed by atoms with E-state index in [1.807, 2.05) is 48.5 Å². The van der Waals surface area contributed by atoms with E-state index in [9.17, 15) is 0 Å². The maximum Gasteiger partial charge on any atom is 0.0858 e. The van der Waals surface area contributed by atoms with Crippen molar-refractivity contribution in [1.82, 2.24) is 0 Å². The van der Waals surface area contributed by atoms with E-state index in [4.69, 9.17) is 0 Å². The van der Waals surface area contributed by atoms with E-state index in [-0.39, 0.29) is 0 Å². The molecular weight excluding hydrogens is 574 g/mol. The SMILES string of the molecule is CC1CCC(c2ccc(-c3ccc(Cc4ccc(N=Nc5ccc(N=Nc6ccc(N7CCCC7)cc6)cc5)cc4)cc3)cc2)CC1. The number of rotatable bonds is 9. The van der Waals surface area contributed by atoms with Crippen molar-refractivity contribution in [3.8, 4) is 11.1 Å². The molecule has 0 atom stereocenters. The molecule has 7 rings (SSSR count). The quantitative estimate of drug-likeness (QED) is 0.152. The minimum absolute atomic E-state index is 0.735. The second kappa shape index (κ2) is 14.7. The van der Waals surface area contributed by atoms with Gasteiger partial charge in [-0.2, -0.15) is 20.5 Å². The fraction of sp³-hybridized carbons (Fsp3) is 0.286. The Morgan fingerprint density at radius 2 is 0.894 bits per heavy atom. The van der Waals surface area contributed by atoms with Crippen molar-refractivity contribution in [1.29, 1.82) is 0 Å². The Hall–Kier alpha value is -4.90. The van der Waals surface area contributed by atoms with Crippen LogP contribution >= 0.6 is 0 Å². The topological polar surface area (TPSA) is 52.7 Å². The molecule has 5 aromatic rings. The van der Waals surface area contributed by atoms with Gasteiger partial charge in [0, 0.05) is 18.8 Å². The first-order chi connectivity index (χ1) is 23.1. The van der Waals surface area contributed by atoms with Crippen LogP contribution in [0.5, 0.6) is 0 Å². The van der Waals surface area contributed by atoms with Gasteiger partial charge in [0.15, 0.2) is 0 Å². The van der Waals surface area contributed by atoms with Crippen LogP contribution in [0.1, 0.15) is 68.1 Å². The van der Waals surface area contributed by atoms with Crippen LogP contribution in [0.4, 0.5) is 28.4 Å². The maximum atomic E-state index is 4.44. The Morgan fingerprint density at radius 3 is 1.38 bits per heavy atom. The summed E-state index contributed by atoms with van der Waals surface area (Å²) in [5, 5.41) is 17.6. The summed E-state index contributed by atoms with van der Waals surface area (Å²) in [6, 6.07) is 42.6. The maximum absolute atomic E-state index is 4.44. The molecule has 0 bridgehead atoms. The van der Waals surface area contributed by atoms with Crippen LogP contribution in [-0.2, 0) is 6.42 Å².